The van der Waals surface area contributed by atoms with Gasteiger partial charge in [-0.2, -0.15) is 4.31 Å². The van der Waals surface area contributed by atoms with Crippen LogP contribution < -0.4 is 0 Å². The molecule has 1 saturated heterocycles. The van der Waals surface area contributed by atoms with E-state index in [1.165, 1.54) is 27.4 Å². The van der Waals surface area contributed by atoms with Gasteiger partial charge in [0.1, 0.15) is 5.82 Å². The molecule has 0 spiro atoms. The third kappa shape index (κ3) is 4.15. The van der Waals surface area contributed by atoms with Gasteiger partial charge in [-0.15, -0.1) is 0 Å². The van der Waals surface area contributed by atoms with Gasteiger partial charge < -0.3 is 4.90 Å². The van der Waals surface area contributed by atoms with E-state index < -0.39 is 21.7 Å². The average Bonchev–Trinajstić information content (AvgIpc) is 2.88. The maximum Gasteiger partial charge on any atom is 0.258 e. The van der Waals surface area contributed by atoms with Crippen molar-refractivity contribution in [2.75, 3.05) is 26.2 Å². The largest absolute Gasteiger partial charge is 0.337 e. The Labute approximate surface area is 163 Å². The third-order valence-corrected chi connectivity index (χ3v) is 6.81. The van der Waals surface area contributed by atoms with E-state index in [1.807, 2.05) is 6.92 Å². The first kappa shape index (κ1) is 19.8. The summed E-state index contributed by atoms with van der Waals surface area (Å²) in [6.07, 6.45) is 0.461. The van der Waals surface area contributed by atoms with Crippen LogP contribution in [0.1, 0.15) is 22.3 Å². The number of halogens is 2. The number of sulfonamides is 1. The van der Waals surface area contributed by atoms with E-state index in [2.05, 4.69) is 0 Å². The van der Waals surface area contributed by atoms with E-state index >= 15 is 0 Å². The fourth-order valence-corrected chi connectivity index (χ4v) is 4.77. The molecule has 0 atom stereocenters. The lowest BCUT2D eigenvalue weighted by atomic mass is 10.1. The normalized spacial score (nSPS) is 16.2. The molecule has 0 saturated carbocycles. The zero-order valence-electron chi connectivity index (χ0n) is 14.9. The highest BCUT2D eigenvalue weighted by atomic mass is 35.5. The van der Waals surface area contributed by atoms with Crippen molar-refractivity contribution in [1.29, 1.82) is 0 Å². The molecule has 2 aromatic rings. The van der Waals surface area contributed by atoms with Crippen LogP contribution in [0.5, 0.6) is 0 Å². The number of rotatable bonds is 3. The monoisotopic (exact) mass is 410 g/mol. The highest BCUT2D eigenvalue weighted by molar-refractivity contribution is 7.89. The van der Waals surface area contributed by atoms with E-state index in [4.69, 9.17) is 11.6 Å². The minimum Gasteiger partial charge on any atom is -0.337 e. The zero-order chi connectivity index (χ0) is 19.6. The summed E-state index contributed by atoms with van der Waals surface area (Å²) in [5.41, 5.74) is 0.803. The molecule has 1 aliphatic rings. The molecular weight excluding hydrogens is 391 g/mol. The Morgan fingerprint density at radius 1 is 1.04 bits per heavy atom. The smallest absolute Gasteiger partial charge is 0.258 e. The van der Waals surface area contributed by atoms with Crippen LogP contribution in [0.15, 0.2) is 47.4 Å². The second-order valence-electron chi connectivity index (χ2n) is 6.46. The van der Waals surface area contributed by atoms with Gasteiger partial charge in [0.2, 0.25) is 10.0 Å². The summed E-state index contributed by atoms with van der Waals surface area (Å²) in [6, 6.07) is 10.7. The highest BCUT2D eigenvalue weighted by Gasteiger charge is 2.29. The van der Waals surface area contributed by atoms with Crippen molar-refractivity contribution in [3.63, 3.8) is 0 Å². The molecule has 0 aliphatic carbocycles. The van der Waals surface area contributed by atoms with Crippen molar-refractivity contribution in [2.24, 2.45) is 0 Å². The maximum absolute atomic E-state index is 14.0. The predicted octanol–water partition coefficient (Wildman–Crippen LogP) is 3.32. The Hall–Kier alpha value is -1.96. The topological polar surface area (TPSA) is 57.7 Å². The predicted molar refractivity (Wildman–Crippen MR) is 102 cm³/mol. The van der Waals surface area contributed by atoms with Crippen molar-refractivity contribution in [3.8, 4) is 0 Å². The lowest BCUT2D eigenvalue weighted by Crippen LogP contribution is -2.37. The number of benzene rings is 2. The second-order valence-corrected chi connectivity index (χ2v) is 8.80. The highest BCUT2D eigenvalue weighted by Crippen LogP contribution is 2.23. The first-order chi connectivity index (χ1) is 12.8. The standard InChI is InChI=1S/C19H20ClFN2O3S/c1-14-6-8-15(9-7-14)27(25,26)23-11-3-10-22(12-13-23)19(24)18-16(20)4-2-5-17(18)21/h2,4-9H,3,10-13H2,1H3. The molecular formula is C19H20ClFN2O3S. The van der Waals surface area contributed by atoms with Crippen molar-refractivity contribution < 1.29 is 17.6 Å². The summed E-state index contributed by atoms with van der Waals surface area (Å²) in [5.74, 6) is -1.20. The van der Waals surface area contributed by atoms with Gasteiger partial charge in [-0.25, -0.2) is 12.8 Å². The van der Waals surface area contributed by atoms with Crippen LogP contribution in [-0.2, 0) is 10.0 Å². The summed E-state index contributed by atoms with van der Waals surface area (Å²) < 4.78 is 41.1. The first-order valence-electron chi connectivity index (χ1n) is 8.61. The quantitative estimate of drug-likeness (QED) is 0.779. The lowest BCUT2D eigenvalue weighted by molar-refractivity contribution is 0.0759. The van der Waals surface area contributed by atoms with E-state index in [9.17, 15) is 17.6 Å². The summed E-state index contributed by atoms with van der Waals surface area (Å²) in [5, 5.41) is 0.0494. The average molecular weight is 411 g/mol. The van der Waals surface area contributed by atoms with Crippen LogP contribution in [-0.4, -0.2) is 49.7 Å². The van der Waals surface area contributed by atoms with Gasteiger partial charge in [-0.3, -0.25) is 4.79 Å². The first-order valence-corrected chi connectivity index (χ1v) is 10.4. The summed E-state index contributed by atoms with van der Waals surface area (Å²) >= 11 is 5.98. The van der Waals surface area contributed by atoms with E-state index in [1.54, 1.807) is 24.3 Å². The molecule has 1 amide bonds. The Morgan fingerprint density at radius 3 is 2.41 bits per heavy atom. The molecule has 5 nitrogen and oxygen atoms in total. The molecule has 1 heterocycles. The van der Waals surface area contributed by atoms with Crippen LogP contribution in [0.2, 0.25) is 5.02 Å². The summed E-state index contributed by atoms with van der Waals surface area (Å²) in [4.78, 5) is 14.4. The van der Waals surface area contributed by atoms with Crippen LogP contribution in [0.4, 0.5) is 4.39 Å². The van der Waals surface area contributed by atoms with E-state index in [0.717, 1.165) is 5.56 Å². The molecule has 0 bridgehead atoms. The number of nitrogens with zero attached hydrogens (tertiary/aromatic N) is 2. The fraction of sp³-hybridized carbons (Fsp3) is 0.316. The Balaban J connectivity index is 1.77. The van der Waals surface area contributed by atoms with Gasteiger partial charge in [-0.1, -0.05) is 35.4 Å². The lowest BCUT2D eigenvalue weighted by Gasteiger charge is -2.22. The van der Waals surface area contributed by atoms with Gasteiger partial charge in [-0.05, 0) is 37.6 Å². The molecule has 0 unspecified atom stereocenters. The van der Waals surface area contributed by atoms with Gasteiger partial charge in [0, 0.05) is 26.2 Å². The van der Waals surface area contributed by atoms with Crippen LogP contribution in [0.25, 0.3) is 0 Å². The van der Waals surface area contributed by atoms with Crippen molar-refractivity contribution in [2.45, 2.75) is 18.2 Å². The number of hydrogen-bond acceptors (Lipinski definition) is 3. The SMILES string of the molecule is Cc1ccc(S(=O)(=O)N2CCCN(C(=O)c3c(F)cccc3Cl)CC2)cc1. The maximum atomic E-state index is 14.0. The summed E-state index contributed by atoms with van der Waals surface area (Å²) in [7, 11) is -3.64. The van der Waals surface area contributed by atoms with Gasteiger partial charge in [0.15, 0.2) is 0 Å². The van der Waals surface area contributed by atoms with E-state index in [0.29, 0.717) is 19.5 Å². The summed E-state index contributed by atoms with van der Waals surface area (Å²) in [6.45, 7) is 2.84. The molecule has 27 heavy (non-hydrogen) atoms. The number of carbonyl (C=O) groups is 1. The molecule has 8 heteroatoms. The number of amides is 1. The van der Waals surface area contributed by atoms with Gasteiger partial charge >= 0.3 is 0 Å². The van der Waals surface area contributed by atoms with Gasteiger partial charge in [0.05, 0.1) is 15.5 Å². The van der Waals surface area contributed by atoms with Crippen molar-refractivity contribution >= 4 is 27.5 Å². The van der Waals surface area contributed by atoms with Crippen LogP contribution >= 0.6 is 11.6 Å². The molecule has 0 N–H and O–H groups in total. The van der Waals surface area contributed by atoms with Crippen LogP contribution in [0.3, 0.4) is 0 Å². The number of aryl methyl sites for hydroxylation is 1. The molecule has 1 fully saturated rings. The number of carbonyl (C=O) groups excluding carboxylic acids is 1. The second kappa shape index (κ2) is 7.96. The fourth-order valence-electron chi connectivity index (χ4n) is 3.06. The molecule has 0 radical (unpaired) electrons. The molecule has 2 aromatic carbocycles. The Morgan fingerprint density at radius 2 is 1.74 bits per heavy atom. The molecule has 0 aromatic heterocycles. The van der Waals surface area contributed by atoms with Crippen molar-refractivity contribution in [3.05, 3.63) is 64.4 Å². The van der Waals surface area contributed by atoms with Gasteiger partial charge in [0.25, 0.3) is 5.91 Å². The molecule has 3 rings (SSSR count). The minimum absolute atomic E-state index is 0.0494. The Kier molecular flexibility index (Phi) is 5.83. The number of hydrogen-bond donors (Lipinski definition) is 0. The third-order valence-electron chi connectivity index (χ3n) is 4.58. The molecule has 144 valence electrons. The zero-order valence-corrected chi connectivity index (χ0v) is 16.4. The van der Waals surface area contributed by atoms with Crippen LogP contribution in [0, 0.1) is 12.7 Å². The minimum atomic E-state index is -3.64. The Bertz CT molecular complexity index is 928. The van der Waals surface area contributed by atoms with E-state index in [-0.39, 0.29) is 28.6 Å². The molecule has 1 aliphatic heterocycles. The van der Waals surface area contributed by atoms with Crippen molar-refractivity contribution in [1.82, 2.24) is 9.21 Å².